The van der Waals surface area contributed by atoms with Crippen LogP contribution in [0.15, 0.2) is 58.5 Å². The molecule has 0 spiro atoms. The van der Waals surface area contributed by atoms with Crippen molar-refractivity contribution in [2.75, 3.05) is 0 Å². The molecule has 0 radical (unpaired) electrons. The Morgan fingerprint density at radius 2 is 1.38 bits per heavy atom. The summed E-state index contributed by atoms with van der Waals surface area (Å²) in [5, 5.41) is 1.19. The van der Waals surface area contributed by atoms with E-state index in [1.54, 1.807) is 0 Å². The summed E-state index contributed by atoms with van der Waals surface area (Å²) >= 11 is 0. The van der Waals surface area contributed by atoms with E-state index >= 15 is 0 Å². The maximum absolute atomic E-state index is 4.89. The molecule has 0 heterocycles. The van der Waals surface area contributed by atoms with Crippen LogP contribution in [-0.4, -0.2) is 24.5 Å². The first kappa shape index (κ1) is 17.0. The number of hydrogen-bond donors (Lipinski definition) is 0. The molecule has 3 unspecified atom stereocenters. The van der Waals surface area contributed by atoms with Crippen molar-refractivity contribution < 1.29 is 0 Å². The van der Waals surface area contributed by atoms with Crippen LogP contribution in [0, 0.1) is 6.92 Å². The number of benzene rings is 2. The Hall–Kier alpha value is -1.79. The molecule has 24 heavy (non-hydrogen) atoms. The molecule has 1 fully saturated rings. The van der Waals surface area contributed by atoms with Gasteiger partial charge in [0.2, 0.25) is 0 Å². The molecule has 2 aromatic rings. The van der Waals surface area contributed by atoms with Crippen molar-refractivity contribution in [1.29, 1.82) is 0 Å². The van der Waals surface area contributed by atoms with Crippen LogP contribution in [0.5, 0.6) is 0 Å². The maximum Gasteiger partial charge on any atom is 0.0723 e. The zero-order chi connectivity index (χ0) is 16.8. The van der Waals surface area contributed by atoms with Gasteiger partial charge in [0.05, 0.1) is 12.1 Å². The highest BCUT2D eigenvalue weighted by Gasteiger charge is 2.23. The summed E-state index contributed by atoms with van der Waals surface area (Å²) in [6.45, 7) is 2.13. The van der Waals surface area contributed by atoms with E-state index in [1.165, 1.54) is 34.8 Å². The van der Waals surface area contributed by atoms with Crippen LogP contribution >= 0.6 is 9.24 Å². The Morgan fingerprint density at radius 3 is 2.00 bits per heavy atom. The fraction of sp³-hybridized carbons (Fsp3) is 0.333. The molecule has 3 heteroatoms. The lowest BCUT2D eigenvalue weighted by Gasteiger charge is -2.25. The van der Waals surface area contributed by atoms with E-state index in [0.717, 1.165) is 12.8 Å². The van der Waals surface area contributed by atoms with Crippen LogP contribution in [0.3, 0.4) is 0 Å². The summed E-state index contributed by atoms with van der Waals surface area (Å²) in [7, 11) is 2.78. The lowest BCUT2D eigenvalue weighted by atomic mass is 9.91. The molecular formula is C21H25N2P. The molecule has 0 aliphatic heterocycles. The van der Waals surface area contributed by atoms with Crippen LogP contribution in [0.4, 0.5) is 0 Å². The largest absolute Gasteiger partial charge is 0.287 e. The van der Waals surface area contributed by atoms with Gasteiger partial charge in [0.25, 0.3) is 0 Å². The summed E-state index contributed by atoms with van der Waals surface area (Å²) < 4.78 is 0. The average molecular weight is 336 g/mol. The molecule has 124 valence electrons. The highest BCUT2D eigenvalue weighted by atomic mass is 31.0. The van der Waals surface area contributed by atoms with Gasteiger partial charge in [-0.2, -0.15) is 0 Å². The SMILES string of the molecule is Cc1ccccc1/C=N/C1CCCCC1/N=C/c1ccccc1P. The fourth-order valence-corrected chi connectivity index (χ4v) is 3.43. The molecule has 0 bridgehead atoms. The molecule has 1 aliphatic carbocycles. The molecule has 0 aromatic heterocycles. The van der Waals surface area contributed by atoms with Gasteiger partial charge in [-0.15, -0.1) is 9.24 Å². The summed E-state index contributed by atoms with van der Waals surface area (Å²) in [6.07, 6.45) is 8.83. The summed E-state index contributed by atoms with van der Waals surface area (Å²) in [5.74, 6) is 0. The van der Waals surface area contributed by atoms with Crippen LogP contribution in [0.2, 0.25) is 0 Å². The molecule has 1 aliphatic rings. The Morgan fingerprint density at radius 1 is 0.833 bits per heavy atom. The lowest BCUT2D eigenvalue weighted by molar-refractivity contribution is 0.390. The molecule has 0 amide bonds. The van der Waals surface area contributed by atoms with Crippen molar-refractivity contribution in [3.05, 3.63) is 65.2 Å². The topological polar surface area (TPSA) is 24.7 Å². The minimum absolute atomic E-state index is 0.295. The van der Waals surface area contributed by atoms with E-state index in [9.17, 15) is 0 Å². The number of hydrogen-bond acceptors (Lipinski definition) is 2. The van der Waals surface area contributed by atoms with Gasteiger partial charge >= 0.3 is 0 Å². The van der Waals surface area contributed by atoms with Gasteiger partial charge in [0.1, 0.15) is 0 Å². The van der Waals surface area contributed by atoms with E-state index in [1.807, 2.05) is 12.4 Å². The molecule has 3 rings (SSSR count). The standard InChI is InChI=1S/C21H25N2P/c1-16-8-2-3-9-17(16)14-22-19-11-5-6-12-20(19)23-15-18-10-4-7-13-21(18)24/h2-4,7-10,13-15,19-20H,5-6,11-12,24H2,1H3/b22-14+,23-15+. The molecule has 2 nitrogen and oxygen atoms in total. The van der Waals surface area contributed by atoms with Crippen LogP contribution < -0.4 is 5.30 Å². The fourth-order valence-electron chi connectivity index (χ4n) is 3.15. The van der Waals surface area contributed by atoms with E-state index in [2.05, 4.69) is 64.7 Å². The van der Waals surface area contributed by atoms with Crippen molar-refractivity contribution in [1.82, 2.24) is 0 Å². The van der Waals surface area contributed by atoms with Gasteiger partial charge < -0.3 is 0 Å². The predicted molar refractivity (Wildman–Crippen MR) is 108 cm³/mol. The first-order valence-electron chi connectivity index (χ1n) is 8.70. The van der Waals surface area contributed by atoms with Gasteiger partial charge in [-0.25, -0.2) is 0 Å². The van der Waals surface area contributed by atoms with Gasteiger partial charge in [-0.05, 0) is 41.8 Å². The number of rotatable bonds is 4. The zero-order valence-corrected chi connectivity index (χ0v) is 15.4. The molecule has 0 N–H and O–H groups in total. The molecule has 1 saturated carbocycles. The quantitative estimate of drug-likeness (QED) is 0.586. The second-order valence-corrected chi connectivity index (χ2v) is 7.08. The molecular weight excluding hydrogens is 311 g/mol. The first-order valence-corrected chi connectivity index (χ1v) is 9.28. The second kappa shape index (κ2) is 8.35. The summed E-state index contributed by atoms with van der Waals surface area (Å²) in [6, 6.07) is 17.3. The van der Waals surface area contributed by atoms with Crippen molar-refractivity contribution in [3.8, 4) is 0 Å². The second-order valence-electron chi connectivity index (χ2n) is 6.46. The van der Waals surface area contributed by atoms with Crippen molar-refractivity contribution >= 4 is 27.0 Å². The van der Waals surface area contributed by atoms with E-state index < -0.39 is 0 Å². The van der Waals surface area contributed by atoms with Gasteiger partial charge in [-0.3, -0.25) is 9.98 Å². The monoisotopic (exact) mass is 336 g/mol. The number of nitrogens with zero attached hydrogens (tertiary/aromatic N) is 2. The molecule has 2 aromatic carbocycles. The van der Waals surface area contributed by atoms with E-state index in [4.69, 9.17) is 9.98 Å². The predicted octanol–water partition coefficient (Wildman–Crippen LogP) is 4.34. The third-order valence-electron chi connectivity index (χ3n) is 4.69. The minimum atomic E-state index is 0.295. The third kappa shape index (κ3) is 4.39. The third-order valence-corrected chi connectivity index (χ3v) is 5.21. The Kier molecular flexibility index (Phi) is 5.93. The summed E-state index contributed by atoms with van der Waals surface area (Å²) in [5.41, 5.74) is 3.66. The van der Waals surface area contributed by atoms with Crippen LogP contribution in [-0.2, 0) is 0 Å². The highest BCUT2D eigenvalue weighted by Crippen LogP contribution is 2.24. The van der Waals surface area contributed by atoms with Crippen molar-refractivity contribution in [2.45, 2.75) is 44.7 Å². The first-order chi connectivity index (χ1) is 11.7. The van der Waals surface area contributed by atoms with Crippen molar-refractivity contribution in [2.24, 2.45) is 9.98 Å². The average Bonchev–Trinajstić information content (AvgIpc) is 2.61. The van der Waals surface area contributed by atoms with E-state index in [-0.39, 0.29) is 0 Å². The maximum atomic E-state index is 4.89. The Bertz CT molecular complexity index is 673. The van der Waals surface area contributed by atoms with E-state index in [0.29, 0.717) is 12.1 Å². The van der Waals surface area contributed by atoms with Gasteiger partial charge in [0, 0.05) is 12.4 Å². The van der Waals surface area contributed by atoms with Crippen LogP contribution in [0.25, 0.3) is 0 Å². The Labute approximate surface area is 147 Å². The Balaban J connectivity index is 1.74. The summed E-state index contributed by atoms with van der Waals surface area (Å²) in [4.78, 5) is 9.76. The smallest absolute Gasteiger partial charge is 0.0723 e. The highest BCUT2D eigenvalue weighted by molar-refractivity contribution is 7.27. The lowest BCUT2D eigenvalue weighted by Crippen LogP contribution is -2.27. The minimum Gasteiger partial charge on any atom is -0.287 e. The number of aryl methyl sites for hydroxylation is 1. The van der Waals surface area contributed by atoms with Crippen molar-refractivity contribution in [3.63, 3.8) is 0 Å². The van der Waals surface area contributed by atoms with Gasteiger partial charge in [-0.1, -0.05) is 61.4 Å². The molecule has 3 atom stereocenters. The molecule has 0 saturated heterocycles. The zero-order valence-electron chi connectivity index (χ0n) is 14.2. The van der Waals surface area contributed by atoms with Gasteiger partial charge in [0.15, 0.2) is 0 Å². The number of aliphatic imine (C=N–C) groups is 2. The van der Waals surface area contributed by atoms with Crippen LogP contribution in [0.1, 0.15) is 42.4 Å². The normalized spacial score (nSPS) is 21.6.